The molecule has 2 fully saturated rings. The zero-order valence-corrected chi connectivity index (χ0v) is 13.4. The average Bonchev–Trinajstić information content (AvgIpc) is 3.16. The van der Waals surface area contributed by atoms with E-state index in [0.29, 0.717) is 25.6 Å². The summed E-state index contributed by atoms with van der Waals surface area (Å²) >= 11 is 0. The first-order chi connectivity index (χ1) is 11.7. The van der Waals surface area contributed by atoms with Crippen LogP contribution in [0.4, 0.5) is 5.95 Å². The van der Waals surface area contributed by atoms with Crippen molar-refractivity contribution in [2.24, 2.45) is 13.0 Å². The number of ether oxygens (including phenoxy) is 1. The molecule has 4 heterocycles. The van der Waals surface area contributed by atoms with Gasteiger partial charge in [-0.2, -0.15) is 0 Å². The summed E-state index contributed by atoms with van der Waals surface area (Å²) < 4.78 is 7.50. The molecule has 0 radical (unpaired) electrons. The average molecular weight is 329 g/mol. The standard InChI is InChI=1S/C15H19N7O2/c1-20-10-18-13(19-20)14(23)22-8-11-7-21(5-6-24-12(11)9-22)15-16-3-2-4-17-15/h2-4,10-12H,5-9H2,1H3/t11-,12+/m0/s1. The van der Waals surface area contributed by atoms with Crippen LogP contribution >= 0.6 is 0 Å². The van der Waals surface area contributed by atoms with Crippen molar-refractivity contribution in [1.29, 1.82) is 0 Å². The third-order valence-electron chi connectivity index (χ3n) is 4.44. The van der Waals surface area contributed by atoms with Gasteiger partial charge in [0.25, 0.3) is 5.91 Å². The number of anilines is 1. The Morgan fingerprint density at radius 3 is 2.79 bits per heavy atom. The Morgan fingerprint density at radius 1 is 1.21 bits per heavy atom. The summed E-state index contributed by atoms with van der Waals surface area (Å²) in [5.41, 5.74) is 0. The molecular weight excluding hydrogens is 310 g/mol. The molecule has 2 saturated heterocycles. The lowest BCUT2D eigenvalue weighted by atomic mass is 10.1. The quantitative estimate of drug-likeness (QED) is 0.739. The minimum atomic E-state index is -0.144. The number of amides is 1. The van der Waals surface area contributed by atoms with Crippen LogP contribution in [0.15, 0.2) is 24.8 Å². The molecule has 1 amide bonds. The fourth-order valence-corrected chi connectivity index (χ4v) is 3.27. The smallest absolute Gasteiger partial charge is 0.293 e. The number of rotatable bonds is 2. The van der Waals surface area contributed by atoms with Gasteiger partial charge in [-0.05, 0) is 6.07 Å². The molecule has 24 heavy (non-hydrogen) atoms. The van der Waals surface area contributed by atoms with E-state index in [1.807, 2.05) is 0 Å². The van der Waals surface area contributed by atoms with Crippen molar-refractivity contribution < 1.29 is 9.53 Å². The van der Waals surface area contributed by atoms with Gasteiger partial charge in [0.05, 0.1) is 12.7 Å². The number of nitrogens with zero attached hydrogens (tertiary/aromatic N) is 7. The summed E-state index contributed by atoms with van der Waals surface area (Å²) in [6, 6.07) is 1.80. The largest absolute Gasteiger partial charge is 0.374 e. The van der Waals surface area contributed by atoms with Gasteiger partial charge in [0.1, 0.15) is 6.33 Å². The van der Waals surface area contributed by atoms with Crippen molar-refractivity contribution in [3.05, 3.63) is 30.6 Å². The number of hydrogen-bond acceptors (Lipinski definition) is 7. The molecule has 2 atom stereocenters. The van der Waals surface area contributed by atoms with E-state index in [1.54, 1.807) is 30.4 Å². The van der Waals surface area contributed by atoms with E-state index in [1.165, 1.54) is 11.0 Å². The second-order valence-electron chi connectivity index (χ2n) is 6.12. The Hall–Kier alpha value is -2.55. The molecule has 2 aliphatic heterocycles. The number of likely N-dealkylation sites (tertiary alicyclic amines) is 1. The maximum atomic E-state index is 12.5. The fraction of sp³-hybridized carbons (Fsp3) is 0.533. The molecule has 9 nitrogen and oxygen atoms in total. The van der Waals surface area contributed by atoms with Crippen LogP contribution in [0.2, 0.25) is 0 Å². The molecule has 4 rings (SSSR count). The van der Waals surface area contributed by atoms with Gasteiger partial charge in [0.2, 0.25) is 11.8 Å². The predicted octanol–water partition coefficient (Wildman–Crippen LogP) is -0.417. The highest BCUT2D eigenvalue weighted by atomic mass is 16.5. The number of aryl methyl sites for hydroxylation is 1. The van der Waals surface area contributed by atoms with Crippen molar-refractivity contribution in [1.82, 2.24) is 29.6 Å². The normalized spacial score (nSPS) is 23.9. The van der Waals surface area contributed by atoms with Gasteiger partial charge >= 0.3 is 0 Å². The van der Waals surface area contributed by atoms with Crippen LogP contribution in [-0.4, -0.2) is 74.4 Å². The molecule has 0 N–H and O–H groups in total. The van der Waals surface area contributed by atoms with Gasteiger partial charge < -0.3 is 14.5 Å². The topological polar surface area (TPSA) is 89.3 Å². The second kappa shape index (κ2) is 6.16. The first-order valence-corrected chi connectivity index (χ1v) is 7.99. The van der Waals surface area contributed by atoms with E-state index in [-0.39, 0.29) is 23.8 Å². The van der Waals surface area contributed by atoms with Gasteiger partial charge in [-0.3, -0.25) is 9.48 Å². The minimum absolute atomic E-state index is 0.0337. The second-order valence-corrected chi connectivity index (χ2v) is 6.12. The molecule has 2 aliphatic rings. The van der Waals surface area contributed by atoms with Gasteiger partial charge in [0.15, 0.2) is 0 Å². The number of hydrogen-bond donors (Lipinski definition) is 0. The van der Waals surface area contributed by atoms with Crippen LogP contribution in [0.5, 0.6) is 0 Å². The third kappa shape index (κ3) is 2.82. The lowest BCUT2D eigenvalue weighted by Crippen LogP contribution is -2.35. The van der Waals surface area contributed by atoms with Gasteiger partial charge in [-0.1, -0.05) is 0 Å². The molecule has 2 aromatic heterocycles. The Bertz CT molecular complexity index is 720. The van der Waals surface area contributed by atoms with E-state index >= 15 is 0 Å². The molecule has 0 aliphatic carbocycles. The van der Waals surface area contributed by atoms with Crippen LogP contribution in [0.3, 0.4) is 0 Å². The van der Waals surface area contributed by atoms with E-state index in [0.717, 1.165) is 13.1 Å². The van der Waals surface area contributed by atoms with E-state index < -0.39 is 0 Å². The Kier molecular flexibility index (Phi) is 3.85. The van der Waals surface area contributed by atoms with Gasteiger partial charge in [-0.15, -0.1) is 5.10 Å². The molecule has 2 aromatic rings. The monoisotopic (exact) mass is 329 g/mol. The molecule has 0 saturated carbocycles. The van der Waals surface area contributed by atoms with E-state index in [9.17, 15) is 4.79 Å². The van der Waals surface area contributed by atoms with E-state index in [2.05, 4.69) is 25.0 Å². The highest BCUT2D eigenvalue weighted by molar-refractivity contribution is 5.90. The highest BCUT2D eigenvalue weighted by Crippen LogP contribution is 2.25. The summed E-state index contributed by atoms with van der Waals surface area (Å²) in [4.78, 5) is 29.1. The van der Waals surface area contributed by atoms with Crippen molar-refractivity contribution in [3.63, 3.8) is 0 Å². The summed E-state index contributed by atoms with van der Waals surface area (Å²) in [6.07, 6.45) is 5.05. The summed E-state index contributed by atoms with van der Waals surface area (Å²) in [6.45, 7) is 3.33. The van der Waals surface area contributed by atoms with Crippen LogP contribution in [-0.2, 0) is 11.8 Å². The molecule has 0 bridgehead atoms. The van der Waals surface area contributed by atoms with E-state index in [4.69, 9.17) is 4.74 Å². The third-order valence-corrected chi connectivity index (χ3v) is 4.44. The fourth-order valence-electron chi connectivity index (χ4n) is 3.27. The molecule has 0 aromatic carbocycles. The number of carbonyl (C=O) groups is 1. The lowest BCUT2D eigenvalue weighted by Gasteiger charge is -2.23. The Balaban J connectivity index is 1.47. The van der Waals surface area contributed by atoms with Crippen LogP contribution in [0, 0.1) is 5.92 Å². The van der Waals surface area contributed by atoms with Crippen LogP contribution < -0.4 is 4.90 Å². The Morgan fingerprint density at radius 2 is 2.04 bits per heavy atom. The summed E-state index contributed by atoms with van der Waals surface area (Å²) in [7, 11) is 1.75. The highest BCUT2D eigenvalue weighted by Gasteiger charge is 2.39. The lowest BCUT2D eigenvalue weighted by molar-refractivity contribution is 0.0495. The zero-order valence-electron chi connectivity index (χ0n) is 13.4. The SMILES string of the molecule is Cn1cnc(C(=O)N2C[C@@H]3CN(c4ncccn4)CCO[C@@H]3C2)n1. The molecule has 0 unspecified atom stereocenters. The van der Waals surface area contributed by atoms with Gasteiger partial charge in [-0.25, -0.2) is 15.0 Å². The maximum absolute atomic E-state index is 12.5. The van der Waals surface area contributed by atoms with Crippen molar-refractivity contribution in [2.45, 2.75) is 6.10 Å². The Labute approximate surface area is 139 Å². The molecular formula is C15H19N7O2. The maximum Gasteiger partial charge on any atom is 0.293 e. The van der Waals surface area contributed by atoms with Crippen LogP contribution in [0.25, 0.3) is 0 Å². The molecule has 126 valence electrons. The minimum Gasteiger partial charge on any atom is -0.374 e. The predicted molar refractivity (Wildman–Crippen MR) is 84.4 cm³/mol. The summed E-state index contributed by atoms with van der Waals surface area (Å²) in [5, 5.41) is 4.10. The number of carbonyl (C=O) groups excluding carboxylic acids is 1. The van der Waals surface area contributed by atoms with Crippen molar-refractivity contribution in [2.75, 3.05) is 37.7 Å². The number of aromatic nitrogens is 5. The molecule has 9 heteroatoms. The van der Waals surface area contributed by atoms with Gasteiger partial charge in [0, 0.05) is 51.5 Å². The zero-order chi connectivity index (χ0) is 16.5. The van der Waals surface area contributed by atoms with Crippen molar-refractivity contribution in [3.8, 4) is 0 Å². The first-order valence-electron chi connectivity index (χ1n) is 7.99. The number of fused-ring (bicyclic) bond motifs is 1. The van der Waals surface area contributed by atoms with Crippen LogP contribution in [0.1, 0.15) is 10.6 Å². The molecule has 0 spiro atoms. The van der Waals surface area contributed by atoms with Crippen molar-refractivity contribution >= 4 is 11.9 Å². The summed E-state index contributed by atoms with van der Waals surface area (Å²) in [5.74, 6) is 1.02. The first kappa shape index (κ1) is 15.0.